The zero-order valence-electron chi connectivity index (χ0n) is 10.0. The van der Waals surface area contributed by atoms with Crippen molar-refractivity contribution in [3.8, 4) is 0 Å². The van der Waals surface area contributed by atoms with Crippen molar-refractivity contribution in [3.63, 3.8) is 0 Å². The first kappa shape index (κ1) is 13.4. The molecule has 6 heteroatoms. The highest BCUT2D eigenvalue weighted by Crippen LogP contribution is 2.23. The largest absolute Gasteiger partial charge is 0.475 e. The molecule has 1 heterocycles. The van der Waals surface area contributed by atoms with Crippen LogP contribution in [-0.4, -0.2) is 11.1 Å². The summed E-state index contributed by atoms with van der Waals surface area (Å²) in [7, 11) is 0. The summed E-state index contributed by atoms with van der Waals surface area (Å²) in [6.07, 6.45) is 0. The van der Waals surface area contributed by atoms with Gasteiger partial charge in [0, 0.05) is 12.1 Å². The summed E-state index contributed by atoms with van der Waals surface area (Å²) < 4.78 is 18.7. The van der Waals surface area contributed by atoms with E-state index in [-0.39, 0.29) is 23.0 Å². The normalized spacial score (nSPS) is 10.5. The van der Waals surface area contributed by atoms with Crippen molar-refractivity contribution in [2.75, 3.05) is 5.32 Å². The summed E-state index contributed by atoms with van der Waals surface area (Å²) in [5, 5.41) is 11.7. The van der Waals surface area contributed by atoms with Crippen LogP contribution in [0.5, 0.6) is 0 Å². The molecule has 0 unspecified atom stereocenters. The van der Waals surface area contributed by atoms with Crippen LogP contribution in [0, 0.1) is 12.7 Å². The number of carboxylic acids is 1. The van der Waals surface area contributed by atoms with Gasteiger partial charge in [-0.1, -0.05) is 17.7 Å². The Kier molecular flexibility index (Phi) is 3.76. The Morgan fingerprint density at radius 1 is 1.53 bits per heavy atom. The number of carbonyl (C=O) groups is 1. The first-order valence-electron chi connectivity index (χ1n) is 5.49. The van der Waals surface area contributed by atoms with Gasteiger partial charge in [0.25, 0.3) is 0 Å². The van der Waals surface area contributed by atoms with Gasteiger partial charge in [-0.2, -0.15) is 0 Å². The SMILES string of the molecule is Cc1oc(C(=O)O)cc1CNc1cccc(Cl)c1F. The Morgan fingerprint density at radius 3 is 2.89 bits per heavy atom. The summed E-state index contributed by atoms with van der Waals surface area (Å²) in [6.45, 7) is 1.90. The molecule has 0 aliphatic carbocycles. The number of hydrogen-bond donors (Lipinski definition) is 2. The first-order valence-corrected chi connectivity index (χ1v) is 5.87. The first-order chi connectivity index (χ1) is 8.99. The van der Waals surface area contributed by atoms with Gasteiger partial charge in [-0.05, 0) is 25.1 Å². The van der Waals surface area contributed by atoms with E-state index in [9.17, 15) is 9.18 Å². The Balaban J connectivity index is 2.14. The highest BCUT2D eigenvalue weighted by Gasteiger charge is 2.13. The molecule has 100 valence electrons. The lowest BCUT2D eigenvalue weighted by atomic mass is 10.2. The van der Waals surface area contributed by atoms with Crippen molar-refractivity contribution < 1.29 is 18.7 Å². The number of hydrogen-bond acceptors (Lipinski definition) is 3. The molecule has 0 aliphatic heterocycles. The van der Waals surface area contributed by atoms with Gasteiger partial charge in [0.05, 0.1) is 10.7 Å². The van der Waals surface area contributed by atoms with Crippen LogP contribution in [0.2, 0.25) is 5.02 Å². The van der Waals surface area contributed by atoms with Gasteiger partial charge >= 0.3 is 5.97 Å². The second kappa shape index (κ2) is 5.32. The summed E-state index contributed by atoms with van der Waals surface area (Å²) in [4.78, 5) is 10.7. The van der Waals surface area contributed by atoms with E-state index in [1.807, 2.05) is 0 Å². The number of rotatable bonds is 4. The lowest BCUT2D eigenvalue weighted by molar-refractivity contribution is 0.0661. The second-order valence-corrected chi connectivity index (χ2v) is 4.36. The number of benzene rings is 1. The lowest BCUT2D eigenvalue weighted by Gasteiger charge is -2.07. The summed E-state index contributed by atoms with van der Waals surface area (Å²) >= 11 is 5.66. The molecule has 1 aromatic heterocycles. The minimum absolute atomic E-state index is 0.0279. The number of aryl methyl sites for hydroxylation is 1. The number of furan rings is 1. The predicted molar refractivity (Wildman–Crippen MR) is 69.1 cm³/mol. The van der Waals surface area contributed by atoms with E-state index in [1.165, 1.54) is 12.1 Å². The van der Waals surface area contributed by atoms with Gasteiger partial charge in [-0.3, -0.25) is 0 Å². The molecule has 1 aromatic carbocycles. The third kappa shape index (κ3) is 2.88. The van der Waals surface area contributed by atoms with Gasteiger partial charge < -0.3 is 14.8 Å². The quantitative estimate of drug-likeness (QED) is 0.898. The number of carboxylic acid groups (broad SMARTS) is 1. The van der Waals surface area contributed by atoms with Crippen LogP contribution in [0.15, 0.2) is 28.7 Å². The number of aromatic carboxylic acids is 1. The Hall–Kier alpha value is -2.01. The zero-order chi connectivity index (χ0) is 14.0. The molecule has 2 aromatic rings. The van der Waals surface area contributed by atoms with E-state index in [0.29, 0.717) is 11.3 Å². The van der Waals surface area contributed by atoms with Gasteiger partial charge in [-0.25, -0.2) is 9.18 Å². The highest BCUT2D eigenvalue weighted by molar-refractivity contribution is 6.31. The van der Waals surface area contributed by atoms with E-state index in [0.717, 1.165) is 0 Å². The van der Waals surface area contributed by atoms with Crippen LogP contribution < -0.4 is 5.32 Å². The Labute approximate surface area is 113 Å². The third-order valence-electron chi connectivity index (χ3n) is 2.65. The minimum Gasteiger partial charge on any atom is -0.475 e. The smallest absolute Gasteiger partial charge is 0.371 e. The predicted octanol–water partition coefficient (Wildman–Crippen LogP) is 3.69. The van der Waals surface area contributed by atoms with E-state index < -0.39 is 11.8 Å². The molecular weight excluding hydrogens is 273 g/mol. The topological polar surface area (TPSA) is 62.5 Å². The monoisotopic (exact) mass is 283 g/mol. The molecule has 19 heavy (non-hydrogen) atoms. The maximum Gasteiger partial charge on any atom is 0.371 e. The molecule has 0 fully saturated rings. The summed E-state index contributed by atoms with van der Waals surface area (Å²) in [6, 6.07) is 6.04. The van der Waals surface area contributed by atoms with Crippen molar-refractivity contribution in [2.24, 2.45) is 0 Å². The Morgan fingerprint density at radius 2 is 2.26 bits per heavy atom. The average molecular weight is 284 g/mol. The van der Waals surface area contributed by atoms with Crippen LogP contribution >= 0.6 is 11.6 Å². The molecule has 0 aliphatic rings. The van der Waals surface area contributed by atoms with Gasteiger partial charge in [0.2, 0.25) is 5.76 Å². The Bertz CT molecular complexity index is 624. The summed E-state index contributed by atoms with van der Waals surface area (Å²) in [5.41, 5.74) is 0.904. The number of anilines is 1. The second-order valence-electron chi connectivity index (χ2n) is 3.95. The molecule has 0 bridgehead atoms. The van der Waals surface area contributed by atoms with E-state index in [1.54, 1.807) is 19.1 Å². The fourth-order valence-electron chi connectivity index (χ4n) is 1.63. The highest BCUT2D eigenvalue weighted by atomic mass is 35.5. The van der Waals surface area contributed by atoms with Crippen LogP contribution in [0.3, 0.4) is 0 Å². The van der Waals surface area contributed by atoms with Crippen molar-refractivity contribution in [2.45, 2.75) is 13.5 Å². The zero-order valence-corrected chi connectivity index (χ0v) is 10.8. The maximum atomic E-state index is 13.6. The number of nitrogens with one attached hydrogen (secondary N) is 1. The standard InChI is InChI=1S/C13H11ClFNO3/c1-7-8(5-11(19-7)13(17)18)6-16-10-4-2-3-9(14)12(10)15/h2-5,16H,6H2,1H3,(H,17,18). The third-order valence-corrected chi connectivity index (χ3v) is 2.94. The number of halogens is 2. The molecule has 0 saturated carbocycles. The fraction of sp³-hybridized carbons (Fsp3) is 0.154. The average Bonchev–Trinajstić information content (AvgIpc) is 2.73. The van der Waals surface area contributed by atoms with E-state index in [2.05, 4.69) is 5.32 Å². The van der Waals surface area contributed by atoms with Crippen LogP contribution in [0.1, 0.15) is 21.9 Å². The van der Waals surface area contributed by atoms with Crippen LogP contribution in [0.4, 0.5) is 10.1 Å². The molecule has 0 atom stereocenters. The molecule has 2 N–H and O–H groups in total. The molecule has 2 rings (SSSR count). The molecule has 0 radical (unpaired) electrons. The molecular formula is C13H11ClFNO3. The van der Waals surface area contributed by atoms with Gasteiger partial charge in [-0.15, -0.1) is 0 Å². The maximum absolute atomic E-state index is 13.6. The van der Waals surface area contributed by atoms with Crippen LogP contribution in [0.25, 0.3) is 0 Å². The van der Waals surface area contributed by atoms with Crippen molar-refractivity contribution >= 4 is 23.3 Å². The van der Waals surface area contributed by atoms with Crippen molar-refractivity contribution in [3.05, 3.63) is 52.2 Å². The van der Waals surface area contributed by atoms with E-state index in [4.69, 9.17) is 21.1 Å². The van der Waals surface area contributed by atoms with Crippen molar-refractivity contribution in [1.82, 2.24) is 0 Å². The molecule has 0 spiro atoms. The minimum atomic E-state index is -1.14. The molecule has 0 saturated heterocycles. The lowest BCUT2D eigenvalue weighted by Crippen LogP contribution is -2.02. The van der Waals surface area contributed by atoms with Gasteiger partial charge in [0.15, 0.2) is 5.82 Å². The van der Waals surface area contributed by atoms with Crippen LogP contribution in [-0.2, 0) is 6.54 Å². The summed E-state index contributed by atoms with van der Waals surface area (Å²) in [5.74, 6) is -1.33. The fourth-order valence-corrected chi connectivity index (χ4v) is 1.81. The molecule has 4 nitrogen and oxygen atoms in total. The van der Waals surface area contributed by atoms with Crippen molar-refractivity contribution in [1.29, 1.82) is 0 Å². The van der Waals surface area contributed by atoms with E-state index >= 15 is 0 Å². The molecule has 0 amide bonds. The van der Waals surface area contributed by atoms with Gasteiger partial charge in [0.1, 0.15) is 5.76 Å².